The summed E-state index contributed by atoms with van der Waals surface area (Å²) >= 11 is 0. The molecule has 1 atom stereocenters. The molecule has 1 aliphatic heterocycles. The van der Waals surface area contributed by atoms with Crippen LogP contribution in [0.15, 0.2) is 47.7 Å². The lowest BCUT2D eigenvalue weighted by Crippen LogP contribution is -2.46. The predicted octanol–water partition coefficient (Wildman–Crippen LogP) is 4.64. The molecule has 1 unspecified atom stereocenters. The van der Waals surface area contributed by atoms with Gasteiger partial charge in [0.1, 0.15) is 0 Å². The molecule has 0 bridgehead atoms. The molecule has 0 amide bonds. The van der Waals surface area contributed by atoms with E-state index in [0.29, 0.717) is 31.9 Å². The number of nitrogens with zero attached hydrogens (tertiary/aromatic N) is 6. The predicted molar refractivity (Wildman–Crippen MR) is 141 cm³/mol. The first-order valence-corrected chi connectivity index (χ1v) is 12.9. The summed E-state index contributed by atoms with van der Waals surface area (Å²) in [4.78, 5) is 23.8. The van der Waals surface area contributed by atoms with E-state index in [1.807, 2.05) is 33.2 Å². The van der Waals surface area contributed by atoms with Crippen molar-refractivity contribution < 1.29 is 8.78 Å². The van der Waals surface area contributed by atoms with Gasteiger partial charge in [-0.2, -0.15) is 5.10 Å². The van der Waals surface area contributed by atoms with Gasteiger partial charge in [-0.1, -0.05) is 38.5 Å². The van der Waals surface area contributed by atoms with Crippen LogP contribution in [0.1, 0.15) is 56.1 Å². The molecule has 37 heavy (non-hydrogen) atoms. The smallest absolute Gasteiger partial charge is 0.261 e. The zero-order valence-electron chi connectivity index (χ0n) is 22.2. The Morgan fingerprint density at radius 2 is 2.00 bits per heavy atom. The second kappa shape index (κ2) is 11.0. The van der Waals surface area contributed by atoms with E-state index in [2.05, 4.69) is 23.6 Å². The fraction of sp³-hybridized carbons (Fsp3) is 0.500. The number of likely N-dealkylation sites (tertiary alicyclic amines) is 1. The highest BCUT2D eigenvalue weighted by Gasteiger charge is 2.40. The Morgan fingerprint density at radius 1 is 1.22 bits per heavy atom. The normalized spacial score (nSPS) is 17.7. The molecule has 0 aliphatic carbocycles. The first-order chi connectivity index (χ1) is 17.6. The zero-order valence-corrected chi connectivity index (χ0v) is 22.2. The number of hydrogen-bond donors (Lipinski definition) is 0. The molecule has 0 saturated carbocycles. The average Bonchev–Trinajstić information content (AvgIpc) is 3.20. The second-order valence-electron chi connectivity index (χ2n) is 10.2. The first-order valence-electron chi connectivity index (χ1n) is 12.9. The lowest BCUT2D eigenvalue weighted by Gasteiger charge is -2.38. The van der Waals surface area contributed by atoms with Gasteiger partial charge in [0, 0.05) is 56.3 Å². The van der Waals surface area contributed by atoms with Crippen LogP contribution in [0, 0.1) is 5.92 Å². The van der Waals surface area contributed by atoms with Crippen LogP contribution in [0.4, 0.5) is 8.78 Å². The number of halogens is 2. The quantitative estimate of drug-likeness (QED) is 0.393. The molecule has 1 aliphatic rings. The van der Waals surface area contributed by atoms with E-state index in [9.17, 15) is 13.6 Å². The summed E-state index contributed by atoms with van der Waals surface area (Å²) in [5, 5.41) is 4.41. The third-order valence-corrected chi connectivity index (χ3v) is 7.06. The lowest BCUT2D eigenvalue weighted by molar-refractivity contribution is -0.0809. The largest absolute Gasteiger partial charge is 0.309 e. The fourth-order valence-corrected chi connectivity index (χ4v) is 5.03. The first kappa shape index (κ1) is 26.9. The van der Waals surface area contributed by atoms with E-state index in [-0.39, 0.29) is 24.4 Å². The van der Waals surface area contributed by atoms with Crippen molar-refractivity contribution in [2.24, 2.45) is 13.0 Å². The van der Waals surface area contributed by atoms with E-state index in [0.717, 1.165) is 46.5 Å². The second-order valence-corrected chi connectivity index (χ2v) is 10.2. The molecule has 3 aromatic heterocycles. The Kier molecular flexibility index (Phi) is 8.02. The van der Waals surface area contributed by atoms with Crippen LogP contribution < -0.4 is 5.56 Å². The van der Waals surface area contributed by atoms with Gasteiger partial charge in [0.05, 0.1) is 30.5 Å². The van der Waals surface area contributed by atoms with Crippen molar-refractivity contribution in [2.75, 3.05) is 13.1 Å². The van der Waals surface area contributed by atoms with Crippen molar-refractivity contribution in [3.05, 3.63) is 75.7 Å². The van der Waals surface area contributed by atoms with Crippen LogP contribution in [0.25, 0.3) is 11.4 Å². The standard InChI is InChI=1S/C28H36F2N6O/c1-6-8-20-9-10-26(37)36(14-20)17-25-23(13-32-34(25)5)27-31-12-22(24(7-2)33-27)16-35-15-21(19(3)4)11-28(29,30)18-35/h9-10,12-14,21H,3,6-8,11,15-18H2,1-2,4-5H3. The Bertz CT molecular complexity index is 1330. The van der Waals surface area contributed by atoms with Crippen molar-refractivity contribution in [3.63, 3.8) is 0 Å². The van der Waals surface area contributed by atoms with Crippen LogP contribution in [-0.2, 0) is 33.0 Å². The van der Waals surface area contributed by atoms with Crippen molar-refractivity contribution in [2.45, 2.75) is 65.5 Å². The van der Waals surface area contributed by atoms with Gasteiger partial charge >= 0.3 is 0 Å². The number of rotatable bonds is 9. The van der Waals surface area contributed by atoms with Crippen LogP contribution in [-0.4, -0.2) is 48.2 Å². The molecule has 4 heterocycles. The third kappa shape index (κ3) is 6.21. The number of alkyl halides is 2. The van der Waals surface area contributed by atoms with Gasteiger partial charge in [0.15, 0.2) is 5.82 Å². The molecule has 0 spiro atoms. The average molecular weight is 511 g/mol. The van der Waals surface area contributed by atoms with Crippen LogP contribution in [0.3, 0.4) is 0 Å². The summed E-state index contributed by atoms with van der Waals surface area (Å²) in [6.45, 7) is 10.8. The van der Waals surface area contributed by atoms with Gasteiger partial charge in [-0.25, -0.2) is 18.7 Å². The van der Waals surface area contributed by atoms with Crippen LogP contribution in [0.2, 0.25) is 0 Å². The molecule has 3 aromatic rings. The van der Waals surface area contributed by atoms with E-state index >= 15 is 0 Å². The van der Waals surface area contributed by atoms with Gasteiger partial charge in [-0.15, -0.1) is 0 Å². The summed E-state index contributed by atoms with van der Waals surface area (Å²) < 4.78 is 32.3. The molecular weight excluding hydrogens is 474 g/mol. The Balaban J connectivity index is 1.61. The SMILES string of the molecule is C=C(C)C1CN(Cc2cnc(-c3cnn(C)c3Cn3cc(CCC)ccc3=O)nc2CC)CC(F)(F)C1. The molecule has 1 fully saturated rings. The van der Waals surface area contributed by atoms with Crippen LogP contribution in [0.5, 0.6) is 0 Å². The number of aryl methyl sites for hydroxylation is 3. The van der Waals surface area contributed by atoms with Gasteiger partial charge in [0.25, 0.3) is 11.5 Å². The maximum Gasteiger partial charge on any atom is 0.261 e. The highest BCUT2D eigenvalue weighted by molar-refractivity contribution is 5.57. The Morgan fingerprint density at radius 3 is 2.70 bits per heavy atom. The Hall–Kier alpha value is -3.20. The van der Waals surface area contributed by atoms with Gasteiger partial charge in [-0.3, -0.25) is 14.4 Å². The molecule has 0 radical (unpaired) electrons. The minimum absolute atomic E-state index is 0.0797. The van der Waals surface area contributed by atoms with Crippen molar-refractivity contribution in [1.82, 2.24) is 29.2 Å². The minimum Gasteiger partial charge on any atom is -0.309 e. The van der Waals surface area contributed by atoms with Crippen molar-refractivity contribution in [1.29, 1.82) is 0 Å². The molecular formula is C28H36F2N6O. The highest BCUT2D eigenvalue weighted by atomic mass is 19.3. The summed E-state index contributed by atoms with van der Waals surface area (Å²) in [5.41, 5.74) is 5.06. The van der Waals surface area contributed by atoms with E-state index < -0.39 is 5.92 Å². The molecule has 1 saturated heterocycles. The molecule has 4 rings (SSSR count). The van der Waals surface area contributed by atoms with Crippen molar-refractivity contribution >= 4 is 0 Å². The summed E-state index contributed by atoms with van der Waals surface area (Å²) in [7, 11) is 1.84. The Labute approximate surface area is 216 Å². The van der Waals surface area contributed by atoms with Gasteiger partial charge < -0.3 is 4.57 Å². The minimum atomic E-state index is -2.74. The maximum absolute atomic E-state index is 14.4. The van der Waals surface area contributed by atoms with E-state index in [1.54, 1.807) is 32.6 Å². The number of piperidine rings is 1. The highest BCUT2D eigenvalue weighted by Crippen LogP contribution is 2.34. The zero-order chi connectivity index (χ0) is 26.7. The van der Waals surface area contributed by atoms with E-state index in [1.165, 1.54) is 0 Å². The maximum atomic E-state index is 14.4. The summed E-state index contributed by atoms with van der Waals surface area (Å²) in [6.07, 6.45) is 7.76. The molecule has 7 nitrogen and oxygen atoms in total. The number of pyridine rings is 1. The van der Waals surface area contributed by atoms with E-state index in [4.69, 9.17) is 4.98 Å². The van der Waals surface area contributed by atoms with Crippen LogP contribution >= 0.6 is 0 Å². The summed E-state index contributed by atoms with van der Waals surface area (Å²) in [5.74, 6) is -2.46. The monoisotopic (exact) mass is 510 g/mol. The molecule has 0 N–H and O–H groups in total. The van der Waals surface area contributed by atoms with Gasteiger partial charge in [-0.05, 0) is 31.2 Å². The topological polar surface area (TPSA) is 68.8 Å². The van der Waals surface area contributed by atoms with Gasteiger partial charge in [0.2, 0.25) is 0 Å². The molecule has 0 aromatic carbocycles. The summed E-state index contributed by atoms with van der Waals surface area (Å²) in [6, 6.07) is 3.47. The van der Waals surface area contributed by atoms with Crippen molar-refractivity contribution in [3.8, 4) is 11.4 Å². The third-order valence-electron chi connectivity index (χ3n) is 7.06. The fourth-order valence-electron chi connectivity index (χ4n) is 5.03. The number of hydrogen-bond acceptors (Lipinski definition) is 5. The molecule has 9 heteroatoms. The lowest BCUT2D eigenvalue weighted by atomic mass is 9.89. The molecule has 198 valence electrons. The number of aromatic nitrogens is 5.